The van der Waals surface area contributed by atoms with Crippen molar-refractivity contribution in [2.75, 3.05) is 7.11 Å². The summed E-state index contributed by atoms with van der Waals surface area (Å²) in [6, 6.07) is 0. The molecule has 2 heteroatoms. The maximum absolute atomic E-state index is 15.2. The van der Waals surface area contributed by atoms with Gasteiger partial charge in [0.25, 0.3) is 0 Å². The Morgan fingerprint density at radius 3 is 2.33 bits per heavy atom. The molecule has 0 bridgehead atoms. The van der Waals surface area contributed by atoms with Gasteiger partial charge in [-0.25, -0.2) is 4.39 Å². The third kappa shape index (κ3) is 2.34. The molecule has 0 heterocycles. The number of hydrogen-bond acceptors (Lipinski definition) is 1. The summed E-state index contributed by atoms with van der Waals surface area (Å²) in [6.45, 7) is 7.02. The predicted molar refractivity (Wildman–Crippen MR) is 96.6 cm³/mol. The molecule has 138 valence electrons. The van der Waals surface area contributed by atoms with Crippen molar-refractivity contribution in [3.05, 3.63) is 0 Å². The smallest absolute Gasteiger partial charge is 0.108 e. The molecule has 0 aromatic heterocycles. The van der Waals surface area contributed by atoms with Crippen LogP contribution in [0.1, 0.15) is 78.6 Å². The predicted octanol–water partition coefficient (Wildman–Crippen LogP) is 6.02. The second-order valence-corrected chi connectivity index (χ2v) is 10.3. The highest BCUT2D eigenvalue weighted by Gasteiger charge is 2.60. The van der Waals surface area contributed by atoms with E-state index in [0.717, 1.165) is 30.6 Å². The SMILES string of the molecule is CO[C@H]1CC[C@]2(C)C3CC[C@@]4(C)C(CC[C@@H](C)[C@@H]4F)C3CC[C@H]2C1. The van der Waals surface area contributed by atoms with E-state index in [9.17, 15) is 0 Å². The Bertz CT molecular complexity index is 479. The molecule has 4 saturated carbocycles. The number of methoxy groups -OCH3 is 1. The zero-order valence-electron chi connectivity index (χ0n) is 16.2. The fourth-order valence-electron chi connectivity index (χ4n) is 7.91. The monoisotopic (exact) mass is 336 g/mol. The molecule has 4 rings (SSSR count). The highest BCUT2D eigenvalue weighted by Crippen LogP contribution is 2.66. The van der Waals surface area contributed by atoms with Crippen molar-refractivity contribution in [3.8, 4) is 0 Å². The van der Waals surface area contributed by atoms with Gasteiger partial charge in [0, 0.05) is 12.5 Å². The van der Waals surface area contributed by atoms with Crippen LogP contribution in [0, 0.1) is 40.4 Å². The third-order valence-corrected chi connectivity index (χ3v) is 9.45. The Hall–Kier alpha value is -0.110. The number of hydrogen-bond donors (Lipinski definition) is 0. The molecule has 9 atom stereocenters. The van der Waals surface area contributed by atoms with Crippen LogP contribution in [0.2, 0.25) is 0 Å². The summed E-state index contributed by atoms with van der Waals surface area (Å²) >= 11 is 0. The van der Waals surface area contributed by atoms with Crippen molar-refractivity contribution in [2.24, 2.45) is 40.4 Å². The van der Waals surface area contributed by atoms with Crippen LogP contribution in [0.4, 0.5) is 4.39 Å². The minimum absolute atomic E-state index is 0.0360. The number of alkyl halides is 1. The summed E-state index contributed by atoms with van der Waals surface area (Å²) in [4.78, 5) is 0. The quantitative estimate of drug-likeness (QED) is 0.569. The van der Waals surface area contributed by atoms with Crippen molar-refractivity contribution in [2.45, 2.75) is 90.8 Å². The van der Waals surface area contributed by atoms with E-state index in [0.29, 0.717) is 17.4 Å². The van der Waals surface area contributed by atoms with Crippen molar-refractivity contribution in [3.63, 3.8) is 0 Å². The summed E-state index contributed by atoms with van der Waals surface area (Å²) in [5, 5.41) is 0. The average Bonchev–Trinajstić information content (AvgIpc) is 2.58. The molecular formula is C22H37FO. The molecule has 24 heavy (non-hydrogen) atoms. The van der Waals surface area contributed by atoms with E-state index >= 15 is 4.39 Å². The van der Waals surface area contributed by atoms with Gasteiger partial charge >= 0.3 is 0 Å². The molecule has 0 radical (unpaired) electrons. The van der Waals surface area contributed by atoms with E-state index in [1.54, 1.807) is 0 Å². The molecule has 4 fully saturated rings. The Balaban J connectivity index is 1.59. The second-order valence-electron chi connectivity index (χ2n) is 10.3. The van der Waals surface area contributed by atoms with Gasteiger partial charge in [-0.1, -0.05) is 20.8 Å². The van der Waals surface area contributed by atoms with Gasteiger partial charge in [-0.15, -0.1) is 0 Å². The van der Waals surface area contributed by atoms with E-state index in [1.165, 1.54) is 44.9 Å². The third-order valence-electron chi connectivity index (χ3n) is 9.45. The van der Waals surface area contributed by atoms with Crippen molar-refractivity contribution >= 4 is 0 Å². The van der Waals surface area contributed by atoms with Crippen LogP contribution in [0.25, 0.3) is 0 Å². The number of ether oxygens (including phenoxy) is 1. The normalized spacial score (nSPS) is 57.6. The maximum Gasteiger partial charge on any atom is 0.108 e. The highest BCUT2D eigenvalue weighted by atomic mass is 19.1. The molecule has 0 N–H and O–H groups in total. The van der Waals surface area contributed by atoms with Crippen LogP contribution in [-0.4, -0.2) is 19.4 Å². The lowest BCUT2D eigenvalue weighted by Gasteiger charge is -2.63. The van der Waals surface area contributed by atoms with Crippen LogP contribution >= 0.6 is 0 Å². The van der Waals surface area contributed by atoms with Gasteiger partial charge in [-0.05, 0) is 92.8 Å². The first-order chi connectivity index (χ1) is 11.4. The van der Waals surface area contributed by atoms with Gasteiger partial charge in [-0.3, -0.25) is 0 Å². The van der Waals surface area contributed by atoms with Crippen molar-refractivity contribution in [1.29, 1.82) is 0 Å². The molecule has 1 nitrogen and oxygen atoms in total. The minimum Gasteiger partial charge on any atom is -0.381 e. The molecule has 0 saturated heterocycles. The first-order valence-corrected chi connectivity index (χ1v) is 10.6. The zero-order valence-corrected chi connectivity index (χ0v) is 16.2. The standard InChI is InChI=1S/C22H37FO/c1-14-5-8-18-17-7-6-15-13-16(24-4)9-11-21(15,2)19(17)10-12-22(18,3)20(14)23/h14-20H,5-13H2,1-4H3/t14-,15+,16+,17?,18?,19?,20+,21+,22+/m1/s1. The number of rotatable bonds is 1. The van der Waals surface area contributed by atoms with Gasteiger partial charge in [0.2, 0.25) is 0 Å². The Kier molecular flexibility index (Phi) is 4.30. The lowest BCUT2D eigenvalue weighted by Crippen LogP contribution is -2.58. The van der Waals surface area contributed by atoms with Crippen molar-refractivity contribution < 1.29 is 9.13 Å². The molecule has 4 aliphatic carbocycles. The van der Waals surface area contributed by atoms with Crippen LogP contribution in [0.3, 0.4) is 0 Å². The van der Waals surface area contributed by atoms with Gasteiger partial charge < -0.3 is 4.74 Å². The molecule has 0 amide bonds. The van der Waals surface area contributed by atoms with E-state index in [1.807, 2.05) is 7.11 Å². The molecular weight excluding hydrogens is 299 g/mol. The van der Waals surface area contributed by atoms with E-state index < -0.39 is 6.17 Å². The van der Waals surface area contributed by atoms with Crippen LogP contribution in [-0.2, 0) is 4.74 Å². The molecule has 0 aliphatic heterocycles. The average molecular weight is 337 g/mol. The first-order valence-electron chi connectivity index (χ1n) is 10.6. The highest BCUT2D eigenvalue weighted by molar-refractivity contribution is 5.09. The van der Waals surface area contributed by atoms with Gasteiger partial charge in [0.05, 0.1) is 6.10 Å². The summed E-state index contributed by atoms with van der Waals surface area (Å²) in [6.07, 6.45) is 11.2. The van der Waals surface area contributed by atoms with Crippen molar-refractivity contribution in [1.82, 2.24) is 0 Å². The van der Waals surface area contributed by atoms with Crippen LogP contribution in [0.5, 0.6) is 0 Å². The lowest BCUT2D eigenvalue weighted by atomic mass is 9.42. The second kappa shape index (κ2) is 5.96. The largest absolute Gasteiger partial charge is 0.381 e. The number of fused-ring (bicyclic) bond motifs is 5. The molecule has 3 unspecified atom stereocenters. The summed E-state index contributed by atoms with van der Waals surface area (Å²) in [7, 11) is 1.88. The Morgan fingerprint density at radius 1 is 0.875 bits per heavy atom. The topological polar surface area (TPSA) is 9.23 Å². The summed E-state index contributed by atoms with van der Waals surface area (Å²) in [5.74, 6) is 3.38. The Morgan fingerprint density at radius 2 is 1.58 bits per heavy atom. The van der Waals surface area contributed by atoms with E-state index in [2.05, 4.69) is 20.8 Å². The van der Waals surface area contributed by atoms with Crippen LogP contribution < -0.4 is 0 Å². The molecule has 4 aliphatic rings. The molecule has 0 aromatic carbocycles. The van der Waals surface area contributed by atoms with Gasteiger partial charge in [0.1, 0.15) is 6.17 Å². The minimum atomic E-state index is -0.577. The first kappa shape index (κ1) is 17.3. The van der Waals surface area contributed by atoms with Crippen LogP contribution in [0.15, 0.2) is 0 Å². The van der Waals surface area contributed by atoms with Gasteiger partial charge in [0.15, 0.2) is 0 Å². The van der Waals surface area contributed by atoms with E-state index in [4.69, 9.17) is 4.74 Å². The number of halogens is 1. The molecule has 0 spiro atoms. The zero-order chi connectivity index (χ0) is 17.1. The molecule has 0 aromatic rings. The fourth-order valence-corrected chi connectivity index (χ4v) is 7.91. The van der Waals surface area contributed by atoms with E-state index in [-0.39, 0.29) is 11.3 Å². The Labute approximate surface area is 148 Å². The maximum atomic E-state index is 15.2. The fraction of sp³-hybridized carbons (Fsp3) is 1.00. The van der Waals surface area contributed by atoms with Gasteiger partial charge in [-0.2, -0.15) is 0 Å². The lowest BCUT2D eigenvalue weighted by molar-refractivity contribution is -0.163. The summed E-state index contributed by atoms with van der Waals surface area (Å²) < 4.78 is 20.9. The summed E-state index contributed by atoms with van der Waals surface area (Å²) in [5.41, 5.74) is 0.458.